The van der Waals surface area contributed by atoms with Gasteiger partial charge in [-0.1, -0.05) is 0 Å². The van der Waals surface area contributed by atoms with Gasteiger partial charge in [-0.05, 0) is 38.8 Å². The van der Waals surface area contributed by atoms with Crippen LogP contribution in [0.5, 0.6) is 0 Å². The molecule has 1 saturated heterocycles. The van der Waals surface area contributed by atoms with E-state index in [9.17, 15) is 9.59 Å². The van der Waals surface area contributed by atoms with Gasteiger partial charge in [-0.15, -0.1) is 0 Å². The molecule has 0 unspecified atom stereocenters. The average molecular weight is 340 g/mol. The molecule has 25 heavy (non-hydrogen) atoms. The number of carbonyl (C=O) groups is 1. The molecule has 0 spiro atoms. The van der Waals surface area contributed by atoms with Crippen molar-refractivity contribution in [3.05, 3.63) is 57.5 Å². The Kier molecular flexibility index (Phi) is 3.71. The van der Waals surface area contributed by atoms with Crippen molar-refractivity contribution in [3.8, 4) is 0 Å². The summed E-state index contributed by atoms with van der Waals surface area (Å²) < 4.78 is 6.72. The quantitative estimate of drug-likeness (QED) is 0.775. The van der Waals surface area contributed by atoms with E-state index in [-0.39, 0.29) is 17.4 Å². The third kappa shape index (κ3) is 2.65. The normalized spacial score (nSPS) is 18.0. The Hall–Kier alpha value is -2.83. The highest BCUT2D eigenvalue weighted by atomic mass is 16.3. The summed E-state index contributed by atoms with van der Waals surface area (Å²) in [5, 5.41) is 3.18. The largest absolute Gasteiger partial charge is 0.459 e. The lowest BCUT2D eigenvalue weighted by molar-refractivity contribution is 0.0673. The zero-order valence-electron chi connectivity index (χ0n) is 14.3. The van der Waals surface area contributed by atoms with E-state index in [1.165, 1.54) is 10.8 Å². The molecule has 130 valence electrons. The number of likely N-dealkylation sites (tertiary alicyclic amines) is 1. The first-order valence-corrected chi connectivity index (χ1v) is 8.46. The third-order valence-electron chi connectivity index (χ3n) is 4.98. The number of furan rings is 1. The minimum Gasteiger partial charge on any atom is -0.459 e. The summed E-state index contributed by atoms with van der Waals surface area (Å²) in [6.07, 6.45) is 3.38. The van der Waals surface area contributed by atoms with Crippen LogP contribution in [0.2, 0.25) is 0 Å². The molecule has 1 N–H and O–H groups in total. The van der Waals surface area contributed by atoms with Gasteiger partial charge in [-0.2, -0.15) is 0 Å². The van der Waals surface area contributed by atoms with Gasteiger partial charge in [0.15, 0.2) is 11.4 Å². The Morgan fingerprint density at radius 2 is 2.24 bits per heavy atom. The van der Waals surface area contributed by atoms with Crippen LogP contribution in [0, 0.1) is 13.8 Å². The summed E-state index contributed by atoms with van der Waals surface area (Å²) in [4.78, 5) is 31.2. The number of aromatic nitrogens is 3. The molecule has 7 heteroatoms. The lowest BCUT2D eigenvalue weighted by Crippen LogP contribution is -2.39. The summed E-state index contributed by atoms with van der Waals surface area (Å²) in [6.45, 7) is 4.93. The van der Waals surface area contributed by atoms with E-state index in [4.69, 9.17) is 4.42 Å². The van der Waals surface area contributed by atoms with E-state index in [2.05, 4.69) is 10.1 Å². The topological polar surface area (TPSA) is 83.6 Å². The smallest absolute Gasteiger partial charge is 0.289 e. The van der Waals surface area contributed by atoms with Crippen molar-refractivity contribution in [1.29, 1.82) is 0 Å². The average Bonchev–Trinajstić information content (AvgIpc) is 3.29. The van der Waals surface area contributed by atoms with Gasteiger partial charge < -0.3 is 9.32 Å². The van der Waals surface area contributed by atoms with E-state index in [1.54, 1.807) is 19.1 Å². The second-order valence-electron chi connectivity index (χ2n) is 6.60. The van der Waals surface area contributed by atoms with Crippen LogP contribution in [-0.2, 0) is 0 Å². The van der Waals surface area contributed by atoms with E-state index >= 15 is 0 Å². The fourth-order valence-corrected chi connectivity index (χ4v) is 3.42. The van der Waals surface area contributed by atoms with E-state index in [1.807, 2.05) is 17.9 Å². The Balaban J connectivity index is 1.63. The van der Waals surface area contributed by atoms with Crippen molar-refractivity contribution in [3.63, 3.8) is 0 Å². The molecule has 0 aromatic carbocycles. The second kappa shape index (κ2) is 5.91. The molecule has 0 aliphatic carbocycles. The van der Waals surface area contributed by atoms with Crippen LogP contribution in [0.25, 0.3) is 5.65 Å². The molecule has 0 bridgehead atoms. The second-order valence-corrected chi connectivity index (χ2v) is 6.60. The van der Waals surface area contributed by atoms with Crippen molar-refractivity contribution in [2.45, 2.75) is 32.6 Å². The maximum Gasteiger partial charge on any atom is 0.289 e. The van der Waals surface area contributed by atoms with Crippen molar-refractivity contribution < 1.29 is 9.21 Å². The van der Waals surface area contributed by atoms with Gasteiger partial charge in [-0.25, -0.2) is 9.50 Å². The van der Waals surface area contributed by atoms with Crippen molar-refractivity contribution in [1.82, 2.24) is 19.5 Å². The van der Waals surface area contributed by atoms with E-state index in [0.717, 1.165) is 24.2 Å². The summed E-state index contributed by atoms with van der Waals surface area (Å²) in [6, 6.07) is 5.32. The van der Waals surface area contributed by atoms with Crippen LogP contribution in [0.1, 0.15) is 46.3 Å². The number of nitrogens with one attached hydrogen (secondary N) is 1. The molecule has 1 fully saturated rings. The molecule has 3 aromatic rings. The molecule has 0 radical (unpaired) electrons. The van der Waals surface area contributed by atoms with Gasteiger partial charge in [0.2, 0.25) is 0 Å². The maximum atomic E-state index is 12.5. The van der Waals surface area contributed by atoms with Crippen LogP contribution < -0.4 is 5.56 Å². The molecule has 4 heterocycles. The monoisotopic (exact) mass is 340 g/mol. The highest BCUT2D eigenvalue weighted by Gasteiger charge is 2.28. The number of hydrogen-bond acceptors (Lipinski definition) is 4. The first-order valence-electron chi connectivity index (χ1n) is 8.46. The predicted molar refractivity (Wildman–Crippen MR) is 91.9 cm³/mol. The zero-order chi connectivity index (χ0) is 17.6. The highest BCUT2D eigenvalue weighted by molar-refractivity contribution is 5.91. The van der Waals surface area contributed by atoms with Gasteiger partial charge in [0, 0.05) is 42.0 Å². The standard InChI is InChI=1S/C18H20N4O3/c1-11-12(2)19-16-9-14(20-22(16)17(11)23)13-5-3-7-21(10-13)18(24)15-6-4-8-25-15/h4,6,8-9,13,20H,3,5,7,10H2,1-2H3/t13-/m1/s1. The number of amides is 1. The van der Waals surface area contributed by atoms with Crippen molar-refractivity contribution in [2.24, 2.45) is 0 Å². The number of rotatable bonds is 2. The van der Waals surface area contributed by atoms with Crippen LogP contribution in [-0.4, -0.2) is 38.5 Å². The van der Waals surface area contributed by atoms with Gasteiger partial charge >= 0.3 is 0 Å². The van der Waals surface area contributed by atoms with Gasteiger partial charge in [0.25, 0.3) is 11.5 Å². The number of hydrogen-bond donors (Lipinski definition) is 1. The summed E-state index contributed by atoms with van der Waals surface area (Å²) >= 11 is 0. The molecule has 1 amide bonds. The van der Waals surface area contributed by atoms with Crippen molar-refractivity contribution in [2.75, 3.05) is 13.1 Å². The third-order valence-corrected chi connectivity index (χ3v) is 4.98. The Morgan fingerprint density at radius 1 is 1.40 bits per heavy atom. The van der Waals surface area contributed by atoms with Gasteiger partial charge in [0.1, 0.15) is 0 Å². The summed E-state index contributed by atoms with van der Waals surface area (Å²) in [5.41, 5.74) is 2.87. The van der Waals surface area contributed by atoms with Crippen LogP contribution in [0.3, 0.4) is 0 Å². The first-order chi connectivity index (χ1) is 12.0. The lowest BCUT2D eigenvalue weighted by Gasteiger charge is -2.31. The minimum absolute atomic E-state index is 0.0759. The fraction of sp³-hybridized carbons (Fsp3) is 0.389. The molecular weight excluding hydrogens is 320 g/mol. The van der Waals surface area contributed by atoms with Crippen LogP contribution in [0.15, 0.2) is 33.7 Å². The molecule has 4 rings (SSSR count). The van der Waals surface area contributed by atoms with Crippen LogP contribution >= 0.6 is 0 Å². The maximum absolute atomic E-state index is 12.5. The SMILES string of the molecule is Cc1nc2cc([C@@H]3CCCN(C(=O)c4ccco4)C3)[nH]n2c(=O)c1C. The summed E-state index contributed by atoms with van der Waals surface area (Å²) in [5.74, 6) is 0.420. The van der Waals surface area contributed by atoms with Gasteiger partial charge in [-0.3, -0.25) is 14.7 Å². The molecule has 1 atom stereocenters. The number of aryl methyl sites for hydroxylation is 1. The Bertz CT molecular complexity index is 984. The number of aromatic amines is 1. The molecule has 1 aliphatic heterocycles. The number of fused-ring (bicyclic) bond motifs is 1. The number of H-pyrrole nitrogens is 1. The van der Waals surface area contributed by atoms with Gasteiger partial charge in [0.05, 0.1) is 6.26 Å². The minimum atomic E-state index is -0.0900. The molecule has 0 saturated carbocycles. The lowest BCUT2D eigenvalue weighted by atomic mass is 9.94. The highest BCUT2D eigenvalue weighted by Crippen LogP contribution is 2.27. The van der Waals surface area contributed by atoms with E-state index < -0.39 is 0 Å². The Morgan fingerprint density at radius 3 is 3.00 bits per heavy atom. The van der Waals surface area contributed by atoms with Crippen molar-refractivity contribution >= 4 is 11.6 Å². The Labute approximate surface area is 144 Å². The fourth-order valence-electron chi connectivity index (χ4n) is 3.42. The number of carbonyl (C=O) groups excluding carboxylic acids is 1. The molecule has 7 nitrogen and oxygen atoms in total. The summed E-state index contributed by atoms with van der Waals surface area (Å²) in [7, 11) is 0. The molecule has 3 aromatic heterocycles. The molecule has 1 aliphatic rings. The number of nitrogens with zero attached hydrogens (tertiary/aromatic N) is 3. The van der Waals surface area contributed by atoms with Crippen LogP contribution in [0.4, 0.5) is 0 Å². The molecular formula is C18H20N4O3. The van der Waals surface area contributed by atoms with E-state index in [0.29, 0.717) is 30.1 Å². The predicted octanol–water partition coefficient (Wildman–Crippen LogP) is 2.25. The number of piperidine rings is 1. The zero-order valence-corrected chi connectivity index (χ0v) is 14.3. The first kappa shape index (κ1) is 15.7.